The number of aliphatic imine (C=N–C) groups is 1. The summed E-state index contributed by atoms with van der Waals surface area (Å²) in [5, 5.41) is 0. The first-order valence-electron chi connectivity index (χ1n) is 14.8. The Balaban J connectivity index is 1.13. The van der Waals surface area contributed by atoms with Crippen molar-refractivity contribution in [3.63, 3.8) is 0 Å². The van der Waals surface area contributed by atoms with Crippen LogP contribution in [0.15, 0.2) is 77.8 Å². The Morgan fingerprint density at radius 3 is 1.71 bits per heavy atom. The van der Waals surface area contributed by atoms with E-state index in [1.54, 1.807) is 29.2 Å². The van der Waals surface area contributed by atoms with Crippen molar-refractivity contribution in [2.45, 2.75) is 49.5 Å². The number of rotatable bonds is 8. The van der Waals surface area contributed by atoms with Crippen molar-refractivity contribution in [3.8, 4) is 0 Å². The van der Waals surface area contributed by atoms with Crippen molar-refractivity contribution in [1.82, 2.24) is 14.7 Å². The molecule has 7 heteroatoms. The molecule has 41 heavy (non-hydrogen) atoms. The van der Waals surface area contributed by atoms with Gasteiger partial charge in [-0.1, -0.05) is 48.5 Å². The van der Waals surface area contributed by atoms with Crippen molar-refractivity contribution < 1.29 is 13.6 Å². The van der Waals surface area contributed by atoms with Crippen LogP contribution in [-0.4, -0.2) is 66.8 Å². The third-order valence-corrected chi connectivity index (χ3v) is 8.89. The minimum absolute atomic E-state index is 0.201. The highest BCUT2D eigenvalue weighted by Gasteiger charge is 2.51. The highest BCUT2D eigenvalue weighted by molar-refractivity contribution is 6.09. The van der Waals surface area contributed by atoms with Crippen molar-refractivity contribution in [2.24, 2.45) is 4.99 Å². The summed E-state index contributed by atoms with van der Waals surface area (Å²) in [6.45, 7) is 3.51. The number of amides is 1. The van der Waals surface area contributed by atoms with Crippen molar-refractivity contribution in [1.29, 1.82) is 0 Å². The first-order valence-corrected chi connectivity index (χ1v) is 14.8. The summed E-state index contributed by atoms with van der Waals surface area (Å²) in [5.41, 5.74) is 2.68. The molecule has 0 N–H and O–H groups in total. The van der Waals surface area contributed by atoms with E-state index in [0.29, 0.717) is 29.5 Å². The second-order valence-corrected chi connectivity index (χ2v) is 11.9. The van der Waals surface area contributed by atoms with Crippen LogP contribution < -0.4 is 0 Å². The van der Waals surface area contributed by atoms with E-state index in [1.807, 2.05) is 19.0 Å². The monoisotopic (exact) mass is 556 g/mol. The van der Waals surface area contributed by atoms with Gasteiger partial charge in [0.1, 0.15) is 11.6 Å². The number of hydrogen-bond donors (Lipinski definition) is 0. The highest BCUT2D eigenvalue weighted by Crippen LogP contribution is 2.42. The zero-order chi connectivity index (χ0) is 28.6. The van der Waals surface area contributed by atoms with Crippen LogP contribution in [0.5, 0.6) is 0 Å². The van der Waals surface area contributed by atoms with Gasteiger partial charge in [-0.15, -0.1) is 0 Å². The normalized spacial score (nSPS) is 19.5. The highest BCUT2D eigenvalue weighted by atomic mass is 19.1. The number of piperidine rings is 1. The Morgan fingerprint density at radius 1 is 0.756 bits per heavy atom. The van der Waals surface area contributed by atoms with Crippen molar-refractivity contribution >= 4 is 11.9 Å². The van der Waals surface area contributed by atoms with E-state index < -0.39 is 5.54 Å². The fraction of sp³-hybridized carbons (Fsp3) is 0.412. The SMILES string of the molecule is CN(C)C1=NC(c2ccc(F)cc2)(c2ccc(F)cc2)C(=O)N1CCCN1CCC(c2ccc(C3CC3)cc2)CC1. The number of benzene rings is 3. The van der Waals surface area contributed by atoms with Crippen LogP contribution in [0, 0.1) is 11.6 Å². The summed E-state index contributed by atoms with van der Waals surface area (Å²) in [5.74, 6) is 0.981. The lowest BCUT2D eigenvalue weighted by molar-refractivity contribution is -0.130. The van der Waals surface area contributed by atoms with E-state index >= 15 is 0 Å². The molecule has 1 saturated heterocycles. The summed E-state index contributed by atoms with van der Waals surface area (Å²) in [6, 6.07) is 21.1. The molecule has 3 aromatic carbocycles. The molecule has 2 aliphatic heterocycles. The number of halogens is 2. The molecule has 0 radical (unpaired) electrons. The molecule has 0 spiro atoms. The third kappa shape index (κ3) is 5.52. The van der Waals surface area contributed by atoms with E-state index in [4.69, 9.17) is 4.99 Å². The van der Waals surface area contributed by atoms with E-state index in [1.165, 1.54) is 48.2 Å². The first-order chi connectivity index (χ1) is 19.8. The van der Waals surface area contributed by atoms with Crippen LogP contribution in [0.2, 0.25) is 0 Å². The van der Waals surface area contributed by atoms with Gasteiger partial charge in [-0.05, 0) is 110 Å². The predicted octanol–water partition coefficient (Wildman–Crippen LogP) is 6.12. The number of hydrogen-bond acceptors (Lipinski definition) is 4. The zero-order valence-electron chi connectivity index (χ0n) is 23.9. The summed E-state index contributed by atoms with van der Waals surface area (Å²) < 4.78 is 27.7. The number of guanidine groups is 1. The fourth-order valence-corrected chi connectivity index (χ4v) is 6.41. The minimum Gasteiger partial charge on any atom is -0.349 e. The molecule has 6 rings (SSSR count). The average Bonchev–Trinajstić information content (AvgIpc) is 3.79. The molecule has 5 nitrogen and oxygen atoms in total. The number of nitrogens with zero attached hydrogens (tertiary/aromatic N) is 4. The molecule has 0 atom stereocenters. The molecule has 3 aromatic rings. The second-order valence-electron chi connectivity index (χ2n) is 11.9. The Bertz CT molecular complexity index is 1340. The lowest BCUT2D eigenvalue weighted by Crippen LogP contribution is -2.46. The molecule has 1 saturated carbocycles. The van der Waals surface area contributed by atoms with Crippen LogP contribution in [-0.2, 0) is 10.3 Å². The molecular weight excluding hydrogens is 518 g/mol. The van der Waals surface area contributed by atoms with Crippen LogP contribution in [0.4, 0.5) is 8.78 Å². The molecule has 1 amide bonds. The zero-order valence-corrected chi connectivity index (χ0v) is 23.9. The predicted molar refractivity (Wildman–Crippen MR) is 158 cm³/mol. The first kappa shape index (κ1) is 27.6. The van der Waals surface area contributed by atoms with Gasteiger partial charge in [0.2, 0.25) is 5.96 Å². The summed E-state index contributed by atoms with van der Waals surface area (Å²) in [4.78, 5) is 25.3. The van der Waals surface area contributed by atoms with Crippen LogP contribution >= 0.6 is 0 Å². The van der Waals surface area contributed by atoms with Gasteiger partial charge in [0.25, 0.3) is 5.91 Å². The maximum Gasteiger partial charge on any atom is 0.266 e. The molecular formula is C34H38F2N4O. The molecule has 2 fully saturated rings. The third-order valence-electron chi connectivity index (χ3n) is 8.89. The largest absolute Gasteiger partial charge is 0.349 e. The van der Waals surface area contributed by atoms with Crippen molar-refractivity contribution in [3.05, 3.63) is 107 Å². The summed E-state index contributed by atoms with van der Waals surface area (Å²) >= 11 is 0. The summed E-state index contributed by atoms with van der Waals surface area (Å²) in [7, 11) is 3.74. The molecule has 2 heterocycles. The maximum atomic E-state index is 14.2. The number of carbonyl (C=O) groups excluding carboxylic acids is 1. The maximum absolute atomic E-state index is 14.2. The van der Waals surface area contributed by atoms with Gasteiger partial charge in [0.05, 0.1) is 0 Å². The van der Waals surface area contributed by atoms with Crippen molar-refractivity contribution in [2.75, 3.05) is 40.3 Å². The fourth-order valence-electron chi connectivity index (χ4n) is 6.41. The standard InChI is InChI=1S/C34H38F2N4O/c1-38(2)33-37-34(28-10-14-30(35)15-11-28,29-12-16-31(36)17-13-29)32(41)40(33)21-3-20-39-22-18-27(19-23-39)26-8-6-25(7-9-26)24-4-5-24/h6-17,24,27H,3-5,18-23H2,1-2H3. The van der Waals surface area contributed by atoms with Gasteiger partial charge in [-0.2, -0.15) is 0 Å². The topological polar surface area (TPSA) is 39.2 Å². The quantitative estimate of drug-likeness (QED) is 0.336. The van der Waals surface area contributed by atoms with Gasteiger partial charge >= 0.3 is 0 Å². The lowest BCUT2D eigenvalue weighted by atomic mass is 9.82. The van der Waals surface area contributed by atoms with E-state index in [9.17, 15) is 13.6 Å². The van der Waals surface area contributed by atoms with Gasteiger partial charge in [-0.25, -0.2) is 13.8 Å². The Labute approximate surface area is 241 Å². The Kier molecular flexibility index (Phi) is 7.64. The van der Waals surface area contributed by atoms with E-state index in [0.717, 1.165) is 44.8 Å². The van der Waals surface area contributed by atoms with Gasteiger partial charge in [-0.3, -0.25) is 9.69 Å². The molecule has 0 bridgehead atoms. The molecule has 0 unspecified atom stereocenters. The lowest BCUT2D eigenvalue weighted by Gasteiger charge is -2.33. The Hall–Kier alpha value is -3.58. The minimum atomic E-state index is -1.39. The number of likely N-dealkylation sites (tertiary alicyclic amines) is 1. The molecule has 0 aromatic heterocycles. The van der Waals surface area contributed by atoms with E-state index in [-0.39, 0.29) is 17.5 Å². The van der Waals surface area contributed by atoms with Crippen LogP contribution in [0.3, 0.4) is 0 Å². The average molecular weight is 557 g/mol. The van der Waals surface area contributed by atoms with Gasteiger partial charge in [0.15, 0.2) is 5.54 Å². The molecule has 3 aliphatic rings. The van der Waals surface area contributed by atoms with E-state index in [2.05, 4.69) is 29.2 Å². The Morgan fingerprint density at radius 2 is 1.24 bits per heavy atom. The van der Waals surface area contributed by atoms with Gasteiger partial charge in [0, 0.05) is 20.6 Å². The smallest absolute Gasteiger partial charge is 0.266 e. The summed E-state index contributed by atoms with van der Waals surface area (Å²) in [6.07, 6.45) is 5.77. The van der Waals surface area contributed by atoms with Crippen LogP contribution in [0.1, 0.15) is 66.2 Å². The molecule has 214 valence electrons. The van der Waals surface area contributed by atoms with Crippen LogP contribution in [0.25, 0.3) is 0 Å². The molecule has 1 aliphatic carbocycles. The van der Waals surface area contributed by atoms with Gasteiger partial charge < -0.3 is 9.80 Å². The second kappa shape index (κ2) is 11.4. The number of carbonyl (C=O) groups is 1.